The van der Waals surface area contributed by atoms with Crippen LogP contribution >= 0.6 is 0 Å². The molecule has 3 aromatic heterocycles. The van der Waals surface area contributed by atoms with E-state index in [9.17, 15) is 18.3 Å². The number of anilines is 2. The van der Waals surface area contributed by atoms with Crippen molar-refractivity contribution in [2.75, 3.05) is 10.6 Å². The lowest BCUT2D eigenvalue weighted by Crippen LogP contribution is -2.31. The standard InChI is InChI=1S/C20H26F3N7O/c1-5-14(12(4)31)27-19-28-17(16-18(29-19)30(10-26-16)11(2)3)25-9-13-6-7-15(24-8-13)20(21,22)23/h6-8,10-12,14,31H,5,9H2,1-4H3,(H2,25,27,28,29). The molecule has 2 atom stereocenters. The third kappa shape index (κ3) is 5.22. The van der Waals surface area contributed by atoms with E-state index >= 15 is 0 Å². The molecule has 11 heteroatoms. The van der Waals surface area contributed by atoms with Crippen LogP contribution in [0.2, 0.25) is 0 Å². The molecular formula is C20H26F3N7O. The highest BCUT2D eigenvalue weighted by molar-refractivity contribution is 5.84. The van der Waals surface area contributed by atoms with Gasteiger partial charge in [0.1, 0.15) is 5.69 Å². The van der Waals surface area contributed by atoms with Gasteiger partial charge < -0.3 is 20.3 Å². The number of aromatic nitrogens is 5. The number of imidazole rings is 1. The zero-order chi connectivity index (χ0) is 22.8. The van der Waals surface area contributed by atoms with E-state index in [1.807, 2.05) is 25.3 Å². The van der Waals surface area contributed by atoms with Crippen LogP contribution in [0, 0.1) is 0 Å². The molecule has 3 aromatic rings. The first-order valence-corrected chi connectivity index (χ1v) is 10.0. The number of aliphatic hydroxyl groups excluding tert-OH is 1. The van der Waals surface area contributed by atoms with Gasteiger partial charge >= 0.3 is 6.18 Å². The van der Waals surface area contributed by atoms with Gasteiger partial charge in [-0.15, -0.1) is 0 Å². The highest BCUT2D eigenvalue weighted by Gasteiger charge is 2.32. The van der Waals surface area contributed by atoms with Crippen LogP contribution in [0.5, 0.6) is 0 Å². The fourth-order valence-corrected chi connectivity index (χ4v) is 3.09. The first-order chi connectivity index (χ1) is 14.6. The van der Waals surface area contributed by atoms with Crippen LogP contribution < -0.4 is 10.6 Å². The Labute approximate surface area is 178 Å². The monoisotopic (exact) mass is 437 g/mol. The lowest BCUT2D eigenvalue weighted by Gasteiger charge is -2.20. The molecule has 0 bridgehead atoms. The Kier molecular flexibility index (Phi) is 6.63. The van der Waals surface area contributed by atoms with Crippen molar-refractivity contribution in [1.29, 1.82) is 0 Å². The van der Waals surface area contributed by atoms with Crippen molar-refractivity contribution in [2.24, 2.45) is 0 Å². The van der Waals surface area contributed by atoms with Gasteiger partial charge in [-0.25, -0.2) is 4.98 Å². The number of fused-ring (bicyclic) bond motifs is 1. The Bertz CT molecular complexity index is 1020. The normalized spacial score (nSPS) is 14.1. The van der Waals surface area contributed by atoms with Crippen molar-refractivity contribution in [3.63, 3.8) is 0 Å². The summed E-state index contributed by atoms with van der Waals surface area (Å²) in [6.45, 7) is 7.84. The van der Waals surface area contributed by atoms with Crippen LogP contribution in [0.3, 0.4) is 0 Å². The summed E-state index contributed by atoms with van der Waals surface area (Å²) in [7, 11) is 0. The van der Waals surface area contributed by atoms with Crippen molar-refractivity contribution in [3.05, 3.63) is 35.9 Å². The lowest BCUT2D eigenvalue weighted by molar-refractivity contribution is -0.141. The molecule has 0 amide bonds. The number of alkyl halides is 3. The molecule has 0 aliphatic rings. The lowest BCUT2D eigenvalue weighted by atomic mass is 10.1. The van der Waals surface area contributed by atoms with Gasteiger partial charge in [0, 0.05) is 18.8 Å². The third-order valence-electron chi connectivity index (χ3n) is 4.89. The molecule has 31 heavy (non-hydrogen) atoms. The van der Waals surface area contributed by atoms with Crippen LogP contribution in [-0.2, 0) is 12.7 Å². The summed E-state index contributed by atoms with van der Waals surface area (Å²) in [5.74, 6) is 0.767. The maximum atomic E-state index is 12.7. The van der Waals surface area contributed by atoms with Gasteiger partial charge in [-0.1, -0.05) is 13.0 Å². The van der Waals surface area contributed by atoms with Crippen molar-refractivity contribution >= 4 is 22.9 Å². The van der Waals surface area contributed by atoms with Gasteiger partial charge in [-0.2, -0.15) is 23.1 Å². The van der Waals surface area contributed by atoms with E-state index in [1.165, 1.54) is 12.3 Å². The van der Waals surface area contributed by atoms with Crippen LogP contribution in [0.15, 0.2) is 24.7 Å². The Balaban J connectivity index is 1.90. The van der Waals surface area contributed by atoms with Gasteiger partial charge in [0.25, 0.3) is 0 Å². The molecular weight excluding hydrogens is 411 g/mol. The quantitative estimate of drug-likeness (QED) is 0.490. The zero-order valence-corrected chi connectivity index (χ0v) is 17.8. The third-order valence-corrected chi connectivity index (χ3v) is 4.89. The minimum Gasteiger partial charge on any atom is -0.391 e. The molecule has 0 aromatic carbocycles. The van der Waals surface area contributed by atoms with Crippen LogP contribution in [0.4, 0.5) is 24.9 Å². The summed E-state index contributed by atoms with van der Waals surface area (Å²) >= 11 is 0. The van der Waals surface area contributed by atoms with E-state index in [1.54, 1.807) is 13.3 Å². The Morgan fingerprint density at radius 1 is 1.13 bits per heavy atom. The molecule has 0 spiro atoms. The van der Waals surface area contributed by atoms with E-state index in [4.69, 9.17) is 0 Å². The Morgan fingerprint density at radius 2 is 1.87 bits per heavy atom. The fraction of sp³-hybridized carbons (Fsp3) is 0.500. The molecule has 0 fully saturated rings. The second kappa shape index (κ2) is 9.04. The average Bonchev–Trinajstić information content (AvgIpc) is 3.14. The van der Waals surface area contributed by atoms with Gasteiger partial charge in [-0.05, 0) is 38.8 Å². The molecule has 3 rings (SSSR count). The molecule has 0 aliphatic heterocycles. The number of nitrogens with one attached hydrogen (secondary N) is 2. The summed E-state index contributed by atoms with van der Waals surface area (Å²) in [5, 5.41) is 16.2. The van der Waals surface area contributed by atoms with Gasteiger partial charge in [-0.3, -0.25) is 4.98 Å². The second-order valence-electron chi connectivity index (χ2n) is 7.62. The van der Waals surface area contributed by atoms with Gasteiger partial charge in [0.05, 0.1) is 18.5 Å². The van der Waals surface area contributed by atoms with Crippen LogP contribution in [-0.4, -0.2) is 41.8 Å². The molecule has 3 N–H and O–H groups in total. The average molecular weight is 437 g/mol. The van der Waals surface area contributed by atoms with Crippen molar-refractivity contribution < 1.29 is 18.3 Å². The van der Waals surface area contributed by atoms with Gasteiger partial charge in [0.15, 0.2) is 17.0 Å². The zero-order valence-electron chi connectivity index (χ0n) is 17.8. The predicted octanol–water partition coefficient (Wildman–Crippen LogP) is 4.00. The van der Waals surface area contributed by atoms with Crippen molar-refractivity contribution in [1.82, 2.24) is 24.5 Å². The second-order valence-corrected chi connectivity index (χ2v) is 7.62. The first kappa shape index (κ1) is 22.7. The molecule has 8 nitrogen and oxygen atoms in total. The number of hydrogen-bond acceptors (Lipinski definition) is 7. The van der Waals surface area contributed by atoms with E-state index in [0.29, 0.717) is 34.9 Å². The molecule has 168 valence electrons. The highest BCUT2D eigenvalue weighted by Crippen LogP contribution is 2.28. The molecule has 0 saturated heterocycles. The topological polar surface area (TPSA) is 101 Å². The van der Waals surface area contributed by atoms with E-state index in [2.05, 4.69) is 30.6 Å². The predicted molar refractivity (Wildman–Crippen MR) is 112 cm³/mol. The van der Waals surface area contributed by atoms with E-state index < -0.39 is 18.0 Å². The summed E-state index contributed by atoms with van der Waals surface area (Å²) < 4.78 is 40.0. The SMILES string of the molecule is CCC(Nc1nc(NCc2ccc(C(F)(F)F)nc2)c2ncn(C(C)C)c2n1)C(C)O. The summed E-state index contributed by atoms with van der Waals surface area (Å²) in [6.07, 6.45) is -1.56. The number of hydrogen-bond donors (Lipinski definition) is 3. The van der Waals surface area contributed by atoms with Crippen molar-refractivity contribution in [2.45, 2.75) is 65.0 Å². The maximum absolute atomic E-state index is 12.7. The smallest absolute Gasteiger partial charge is 0.391 e. The van der Waals surface area contributed by atoms with Crippen molar-refractivity contribution in [3.8, 4) is 0 Å². The summed E-state index contributed by atoms with van der Waals surface area (Å²) in [6, 6.07) is 2.19. The number of pyridine rings is 1. The Morgan fingerprint density at radius 3 is 2.42 bits per heavy atom. The molecule has 0 aliphatic carbocycles. The molecule has 3 heterocycles. The fourth-order valence-electron chi connectivity index (χ4n) is 3.09. The molecule has 0 saturated carbocycles. The number of nitrogens with zero attached hydrogens (tertiary/aromatic N) is 5. The molecule has 2 unspecified atom stereocenters. The van der Waals surface area contributed by atoms with Crippen LogP contribution in [0.1, 0.15) is 51.4 Å². The minimum atomic E-state index is -4.48. The first-order valence-electron chi connectivity index (χ1n) is 10.0. The largest absolute Gasteiger partial charge is 0.433 e. The number of aliphatic hydroxyl groups is 1. The van der Waals surface area contributed by atoms with Gasteiger partial charge in [0.2, 0.25) is 5.95 Å². The van der Waals surface area contributed by atoms with Crippen LogP contribution in [0.25, 0.3) is 11.2 Å². The van der Waals surface area contributed by atoms with E-state index in [0.717, 1.165) is 6.07 Å². The maximum Gasteiger partial charge on any atom is 0.433 e. The highest BCUT2D eigenvalue weighted by atomic mass is 19.4. The summed E-state index contributed by atoms with van der Waals surface area (Å²) in [4.78, 5) is 17.0. The number of halogens is 3. The molecule has 0 radical (unpaired) electrons. The summed E-state index contributed by atoms with van der Waals surface area (Å²) in [5.41, 5.74) is 0.782. The minimum absolute atomic E-state index is 0.110. The number of rotatable bonds is 8. The Hall–Kier alpha value is -2.95. The van der Waals surface area contributed by atoms with E-state index in [-0.39, 0.29) is 18.6 Å².